The van der Waals surface area contributed by atoms with E-state index in [0.717, 1.165) is 0 Å². The van der Waals surface area contributed by atoms with E-state index in [1.807, 2.05) is 6.54 Å². The van der Waals surface area contributed by atoms with E-state index in [0.29, 0.717) is 0 Å². The maximum atomic E-state index is 2.79. The van der Waals surface area contributed by atoms with Gasteiger partial charge in [0.05, 0.1) is 0 Å². The molecule has 0 unspecified atom stereocenters. The Labute approximate surface area is 278 Å². The van der Waals surface area contributed by atoms with Crippen molar-refractivity contribution in [3.8, 4) is 0 Å². The SMILES string of the molecule is Br.Br.Br.Br.Br.Br.Br.Br.Br.CCCCCCCCCCCCCCCC[NH8+9](C)(C)C. The van der Waals surface area contributed by atoms with Crippen molar-refractivity contribution in [2.24, 2.45) is 0 Å². The van der Waals surface area contributed by atoms with Crippen LogP contribution in [-0.2, 0) is 0 Å². The third kappa shape index (κ3) is 65.4. The van der Waals surface area contributed by atoms with E-state index in [1.54, 1.807) is 12.8 Å². The molecule has 0 saturated heterocycles. The fraction of sp³-hybridized carbons (Fsp3) is 1.00. The van der Waals surface area contributed by atoms with Crippen LogP contribution in [0, 0.1) is 0 Å². The molecule has 8 N–H and O–H groups in total. The van der Waals surface area contributed by atoms with Gasteiger partial charge in [0, 0.05) is 0 Å². The molecular formula is C19H59Br9N+9. The number of halogens is 9. The minimum absolute atomic E-state index is 0. The first-order valence-corrected chi connectivity index (χ1v) is 7.71. The molecule has 0 saturated carbocycles. The summed E-state index contributed by atoms with van der Waals surface area (Å²) in [6, 6.07) is 0. The fourth-order valence-electron chi connectivity index (χ4n) is 2.19. The number of rotatable bonds is 15. The van der Waals surface area contributed by atoms with Gasteiger partial charge in [0.25, 0.3) is 0 Å². The van der Waals surface area contributed by atoms with Gasteiger partial charge in [0.15, 0.2) is 0 Å². The Hall–Kier alpha value is 4.28. The molecule has 0 amide bonds. The van der Waals surface area contributed by atoms with E-state index in [1.165, 1.54) is 77.0 Å². The summed E-state index contributed by atoms with van der Waals surface area (Å²) in [5, 5.41) is 0. The summed E-state index contributed by atoms with van der Waals surface area (Å²) < 4.78 is -3.55. The third-order valence-electron chi connectivity index (χ3n) is 3.35. The van der Waals surface area contributed by atoms with Gasteiger partial charge >= 0.3 is 90.0 Å². The zero-order valence-electron chi connectivity index (χ0n) is 18.3. The number of hydrogen-bond acceptors (Lipinski definition) is 0. The third-order valence-corrected chi connectivity index (χ3v) is 3.35. The van der Waals surface area contributed by atoms with Crippen molar-refractivity contribution in [3.63, 3.8) is 0 Å². The van der Waals surface area contributed by atoms with Crippen LogP contribution in [-0.4, -0.2) is 27.7 Å². The van der Waals surface area contributed by atoms with Gasteiger partial charge in [-0.25, -0.2) is 0 Å². The van der Waals surface area contributed by atoms with Gasteiger partial charge in [-0.3, -0.25) is 0 Å². The first kappa shape index (κ1) is 64.0. The Morgan fingerprint density at radius 3 is 0.759 bits per heavy atom. The lowest BCUT2D eigenvalue weighted by Crippen LogP contribution is -2.41. The summed E-state index contributed by atoms with van der Waals surface area (Å²) in [4.78, 5) is 0. The van der Waals surface area contributed by atoms with Crippen LogP contribution >= 0.6 is 153 Å². The van der Waals surface area contributed by atoms with Crippen molar-refractivity contribution in [1.29, 1.82) is 0 Å². The maximum absolute atomic E-state index is 3.55. The first-order chi connectivity index (χ1) is 9.56. The lowest BCUT2D eigenvalue weighted by molar-refractivity contribution is 0.330. The van der Waals surface area contributed by atoms with E-state index in [2.05, 4.69) is 28.1 Å². The van der Waals surface area contributed by atoms with Crippen LogP contribution < -0.4 is 4.48 Å². The molecule has 0 heterocycles. The van der Waals surface area contributed by atoms with Gasteiger partial charge < -0.3 is 0 Å². The molecule has 194 valence electrons. The van der Waals surface area contributed by atoms with Crippen LogP contribution in [0.4, 0.5) is 0 Å². The quantitative estimate of drug-likeness (QED) is 0.145. The highest BCUT2D eigenvalue weighted by atomic mass is 79.9. The zero-order valence-corrected chi connectivity index (χ0v) is 33.7. The second kappa shape index (κ2) is 49.4. The molecule has 0 rings (SSSR count). The van der Waals surface area contributed by atoms with Gasteiger partial charge in [-0.05, 0) is 0 Å². The highest BCUT2D eigenvalue weighted by molar-refractivity contribution is 8.94. The molecule has 0 atom stereocenters. The van der Waals surface area contributed by atoms with Crippen LogP contribution in [0.5, 0.6) is 0 Å². The van der Waals surface area contributed by atoms with Gasteiger partial charge in [-0.2, -0.15) is 0 Å². The van der Waals surface area contributed by atoms with Crippen molar-refractivity contribution in [2.75, 3.05) is 27.7 Å². The van der Waals surface area contributed by atoms with Crippen LogP contribution in [0.1, 0.15) is 96.8 Å². The molecule has 0 aromatic heterocycles. The van der Waals surface area contributed by atoms with E-state index < -0.39 is 4.48 Å². The summed E-state index contributed by atoms with van der Waals surface area (Å²) in [6.07, 6.45) is 21.0. The number of hydrogen-bond donors (Lipinski definition) is 0. The summed E-state index contributed by atoms with van der Waals surface area (Å²) in [7, 11) is 8.38. The summed E-state index contributed by atoms with van der Waals surface area (Å²) in [5.41, 5.74) is 0. The van der Waals surface area contributed by atoms with Crippen LogP contribution in [0.25, 0.3) is 0 Å². The van der Waals surface area contributed by atoms with Crippen molar-refractivity contribution >= 4 is 153 Å². The molecule has 0 aliphatic heterocycles. The van der Waals surface area contributed by atoms with Crippen molar-refractivity contribution in [3.05, 3.63) is 0 Å². The Morgan fingerprint density at radius 1 is 0.345 bits per heavy atom. The zero-order chi connectivity index (χ0) is 15.1. The van der Waals surface area contributed by atoms with Gasteiger partial charge in [-0.15, -0.1) is 153 Å². The van der Waals surface area contributed by atoms with Crippen molar-refractivity contribution in [2.45, 2.75) is 96.8 Å². The molecule has 10 heteroatoms. The Balaban J connectivity index is -0.0000000501. The summed E-state index contributed by atoms with van der Waals surface area (Å²) >= 11 is 0. The molecule has 0 fully saturated rings. The lowest BCUT2D eigenvalue weighted by atomic mass is 10.0. The van der Waals surface area contributed by atoms with E-state index in [9.17, 15) is 0 Å². The highest BCUT2D eigenvalue weighted by Crippen LogP contribution is 2.13. The standard InChI is InChI=1S/C19H42N.9BrH/c1-5-6-7-8-9-10-11-12-13-14-15-16-17-18-19-20(2,3)4;;;;;;;;;/h5-19H2,1-4H3;9*1H/q+9;;;;;;;;;. The van der Waals surface area contributed by atoms with Crippen LogP contribution in [0.2, 0.25) is 0 Å². The molecule has 0 aromatic rings. The molecule has 0 aliphatic rings. The van der Waals surface area contributed by atoms with Crippen molar-refractivity contribution < 1.29 is 0 Å². The monoisotopic (exact) mass is 1010 g/mol. The van der Waals surface area contributed by atoms with Gasteiger partial charge in [0.2, 0.25) is 0 Å². The molecule has 0 aliphatic carbocycles. The fourth-order valence-corrected chi connectivity index (χ4v) is 2.19. The summed E-state index contributed by atoms with van der Waals surface area (Å²) in [5.74, 6) is 0. The average molecular weight is 1020 g/mol. The Kier molecular flexibility index (Phi) is 109. The number of unbranched alkanes of at least 4 members (excludes halogenated alkanes) is 13. The van der Waals surface area contributed by atoms with E-state index in [4.69, 9.17) is 0 Å². The van der Waals surface area contributed by atoms with Crippen LogP contribution in [0.15, 0.2) is 0 Å². The molecule has 29 heavy (non-hydrogen) atoms. The van der Waals surface area contributed by atoms with E-state index >= 15 is 0 Å². The Bertz CT molecular complexity index is 207. The molecular weight excluding hydrogens is 961 g/mol. The van der Waals surface area contributed by atoms with Crippen LogP contribution in [0.3, 0.4) is 0 Å². The molecule has 0 aromatic carbocycles. The first-order valence-electron chi connectivity index (χ1n) is 7.71. The summed E-state index contributed by atoms with van der Waals surface area (Å²) in [6.45, 7) is 4.13. The Morgan fingerprint density at radius 2 is 0.552 bits per heavy atom. The normalized spacial score (nSPS) is 8.28. The van der Waals surface area contributed by atoms with Gasteiger partial charge in [0.1, 0.15) is 0 Å². The second-order valence-electron chi connectivity index (χ2n) is 5.10. The predicted molar refractivity (Wildman–Crippen MR) is 196 cm³/mol. The minimum atomic E-state index is -3.55. The average Bonchev–Trinajstić information content (AvgIpc) is 2.38. The molecule has 1 nitrogen and oxygen atoms in total. The van der Waals surface area contributed by atoms with Crippen molar-refractivity contribution in [1.82, 2.24) is 4.48 Å². The van der Waals surface area contributed by atoms with Gasteiger partial charge in [-0.1, -0.05) is 39.0 Å². The molecule has 0 bridgehead atoms. The predicted octanol–water partition coefficient (Wildman–Crippen LogP) is 12.9. The van der Waals surface area contributed by atoms with E-state index in [-0.39, 0.29) is 153 Å². The molecule has 0 radical (unpaired) electrons. The second-order valence-corrected chi connectivity index (χ2v) is 5.10. The topological polar surface area (TPSA) is 9.70 Å². The molecule has 0 spiro atoms.